The Labute approximate surface area is 135 Å². The van der Waals surface area contributed by atoms with Gasteiger partial charge in [-0.25, -0.2) is 0 Å². The van der Waals surface area contributed by atoms with E-state index >= 15 is 0 Å². The molecule has 0 aromatic heterocycles. The molecule has 0 aliphatic heterocycles. The first-order valence-corrected chi connectivity index (χ1v) is 7.86. The summed E-state index contributed by atoms with van der Waals surface area (Å²) in [4.78, 5) is 0. The van der Waals surface area contributed by atoms with Gasteiger partial charge < -0.3 is 10.1 Å². The fourth-order valence-electron chi connectivity index (χ4n) is 2.60. The summed E-state index contributed by atoms with van der Waals surface area (Å²) in [6, 6.07) is 10.9. The molecule has 0 aliphatic rings. The van der Waals surface area contributed by atoms with Crippen molar-refractivity contribution in [1.29, 1.82) is 0 Å². The molecule has 1 N–H and O–H groups in total. The summed E-state index contributed by atoms with van der Waals surface area (Å²) in [6.45, 7) is 6.31. The standard InChI is InChI=1S/C18H22BrNO/c1-11-7-9-15(18(21-5)13(11)3)17(20-4)14-8-6-12(2)16(19)10-14/h6-10,17,20H,1-5H3. The van der Waals surface area contributed by atoms with Gasteiger partial charge in [0.05, 0.1) is 13.2 Å². The van der Waals surface area contributed by atoms with Gasteiger partial charge in [0, 0.05) is 10.0 Å². The van der Waals surface area contributed by atoms with Crippen molar-refractivity contribution in [3.8, 4) is 5.75 Å². The van der Waals surface area contributed by atoms with Crippen LogP contribution in [0.4, 0.5) is 0 Å². The SMILES string of the molecule is CNC(c1ccc(C)c(Br)c1)c1ccc(C)c(C)c1OC. The van der Waals surface area contributed by atoms with Crippen molar-refractivity contribution in [3.05, 3.63) is 62.6 Å². The first kappa shape index (κ1) is 16.1. The van der Waals surface area contributed by atoms with E-state index in [-0.39, 0.29) is 6.04 Å². The molecule has 0 bridgehead atoms. The maximum Gasteiger partial charge on any atom is 0.127 e. The second-order valence-electron chi connectivity index (χ2n) is 5.36. The summed E-state index contributed by atoms with van der Waals surface area (Å²) in [5, 5.41) is 3.40. The molecule has 0 aliphatic carbocycles. The number of benzene rings is 2. The summed E-state index contributed by atoms with van der Waals surface area (Å²) in [6.07, 6.45) is 0. The number of nitrogens with one attached hydrogen (secondary N) is 1. The molecule has 1 unspecified atom stereocenters. The van der Waals surface area contributed by atoms with Crippen LogP contribution in [0, 0.1) is 20.8 Å². The van der Waals surface area contributed by atoms with Crippen LogP contribution in [0.2, 0.25) is 0 Å². The largest absolute Gasteiger partial charge is 0.496 e. The molecule has 0 spiro atoms. The van der Waals surface area contributed by atoms with E-state index in [1.54, 1.807) is 7.11 Å². The number of halogens is 1. The first-order chi connectivity index (χ1) is 9.99. The highest BCUT2D eigenvalue weighted by atomic mass is 79.9. The summed E-state index contributed by atoms with van der Waals surface area (Å²) >= 11 is 3.62. The molecule has 2 aromatic carbocycles. The van der Waals surface area contributed by atoms with E-state index < -0.39 is 0 Å². The van der Waals surface area contributed by atoms with E-state index in [0.29, 0.717) is 0 Å². The van der Waals surface area contributed by atoms with E-state index in [1.807, 2.05) is 7.05 Å². The van der Waals surface area contributed by atoms with E-state index in [2.05, 4.69) is 72.3 Å². The van der Waals surface area contributed by atoms with Gasteiger partial charge in [0.15, 0.2) is 0 Å². The van der Waals surface area contributed by atoms with Gasteiger partial charge in [-0.05, 0) is 56.1 Å². The van der Waals surface area contributed by atoms with Crippen LogP contribution in [0.1, 0.15) is 33.9 Å². The lowest BCUT2D eigenvalue weighted by Gasteiger charge is -2.22. The third kappa shape index (κ3) is 3.14. The van der Waals surface area contributed by atoms with Crippen molar-refractivity contribution < 1.29 is 4.74 Å². The highest BCUT2D eigenvalue weighted by Gasteiger charge is 2.19. The van der Waals surface area contributed by atoms with Gasteiger partial charge in [-0.2, -0.15) is 0 Å². The maximum atomic E-state index is 5.66. The van der Waals surface area contributed by atoms with Crippen LogP contribution in [0.3, 0.4) is 0 Å². The lowest BCUT2D eigenvalue weighted by atomic mass is 9.94. The number of ether oxygens (including phenoxy) is 1. The van der Waals surface area contributed by atoms with Gasteiger partial charge in [0.25, 0.3) is 0 Å². The topological polar surface area (TPSA) is 21.3 Å². The molecule has 0 fully saturated rings. The minimum atomic E-state index is 0.108. The Morgan fingerprint density at radius 3 is 2.29 bits per heavy atom. The quantitative estimate of drug-likeness (QED) is 0.865. The zero-order valence-corrected chi connectivity index (χ0v) is 14.8. The second-order valence-corrected chi connectivity index (χ2v) is 6.21. The summed E-state index contributed by atoms with van der Waals surface area (Å²) in [5.74, 6) is 0.964. The lowest BCUT2D eigenvalue weighted by molar-refractivity contribution is 0.402. The molecule has 2 rings (SSSR count). The molecule has 2 nitrogen and oxygen atoms in total. The van der Waals surface area contributed by atoms with Gasteiger partial charge in [-0.1, -0.05) is 40.2 Å². The highest BCUT2D eigenvalue weighted by molar-refractivity contribution is 9.10. The van der Waals surface area contributed by atoms with Gasteiger partial charge >= 0.3 is 0 Å². The minimum absolute atomic E-state index is 0.108. The molecule has 0 saturated carbocycles. The molecular formula is C18H22BrNO. The molecule has 3 heteroatoms. The number of aryl methyl sites for hydroxylation is 2. The van der Waals surface area contributed by atoms with Gasteiger partial charge in [-0.15, -0.1) is 0 Å². The monoisotopic (exact) mass is 347 g/mol. The van der Waals surface area contributed by atoms with Crippen LogP contribution < -0.4 is 10.1 Å². The molecule has 21 heavy (non-hydrogen) atoms. The fraction of sp³-hybridized carbons (Fsp3) is 0.333. The molecule has 0 heterocycles. The average Bonchev–Trinajstić information content (AvgIpc) is 2.47. The molecular weight excluding hydrogens is 326 g/mol. The molecule has 1 atom stereocenters. The average molecular weight is 348 g/mol. The number of methoxy groups -OCH3 is 1. The van der Waals surface area contributed by atoms with Crippen molar-refractivity contribution in [2.45, 2.75) is 26.8 Å². The molecule has 112 valence electrons. The fourth-order valence-corrected chi connectivity index (χ4v) is 3.00. The Bertz CT molecular complexity index is 652. The van der Waals surface area contributed by atoms with Crippen LogP contribution >= 0.6 is 15.9 Å². The normalized spacial score (nSPS) is 12.3. The third-order valence-electron chi connectivity index (χ3n) is 4.04. The first-order valence-electron chi connectivity index (χ1n) is 7.07. The van der Waals surface area contributed by atoms with Crippen LogP contribution in [0.15, 0.2) is 34.8 Å². The minimum Gasteiger partial charge on any atom is -0.496 e. The third-order valence-corrected chi connectivity index (χ3v) is 4.89. The summed E-state index contributed by atoms with van der Waals surface area (Å²) in [5.41, 5.74) is 6.06. The van der Waals surface area contributed by atoms with E-state index in [9.17, 15) is 0 Å². The van der Waals surface area contributed by atoms with Crippen LogP contribution in [-0.4, -0.2) is 14.2 Å². The van der Waals surface area contributed by atoms with E-state index in [0.717, 1.165) is 10.2 Å². The molecule has 2 aromatic rings. The number of rotatable bonds is 4. The smallest absolute Gasteiger partial charge is 0.127 e. The Hall–Kier alpha value is -1.32. The Kier molecular flexibility index (Phi) is 5.07. The van der Waals surface area contributed by atoms with Crippen molar-refractivity contribution in [3.63, 3.8) is 0 Å². The second kappa shape index (κ2) is 6.63. The highest BCUT2D eigenvalue weighted by Crippen LogP contribution is 2.35. The molecule has 0 amide bonds. The predicted molar refractivity (Wildman–Crippen MR) is 92.2 cm³/mol. The summed E-state index contributed by atoms with van der Waals surface area (Å²) < 4.78 is 6.79. The van der Waals surface area contributed by atoms with Crippen LogP contribution in [0.25, 0.3) is 0 Å². The Morgan fingerprint density at radius 1 is 1.05 bits per heavy atom. The van der Waals surface area contributed by atoms with Crippen molar-refractivity contribution in [2.24, 2.45) is 0 Å². The maximum absolute atomic E-state index is 5.66. The van der Waals surface area contributed by atoms with Gasteiger partial charge in [0.2, 0.25) is 0 Å². The zero-order chi connectivity index (χ0) is 15.6. The van der Waals surface area contributed by atoms with Crippen LogP contribution in [0.5, 0.6) is 5.75 Å². The number of hydrogen-bond acceptors (Lipinski definition) is 2. The Morgan fingerprint density at radius 2 is 1.71 bits per heavy atom. The zero-order valence-electron chi connectivity index (χ0n) is 13.3. The van der Waals surface area contributed by atoms with Crippen molar-refractivity contribution in [2.75, 3.05) is 14.2 Å². The van der Waals surface area contributed by atoms with Crippen LogP contribution in [-0.2, 0) is 0 Å². The lowest BCUT2D eigenvalue weighted by Crippen LogP contribution is -2.19. The predicted octanol–water partition coefficient (Wildman–Crippen LogP) is 4.69. The van der Waals surface area contributed by atoms with Crippen molar-refractivity contribution in [1.82, 2.24) is 5.32 Å². The summed E-state index contributed by atoms with van der Waals surface area (Å²) in [7, 11) is 3.72. The van der Waals surface area contributed by atoms with Gasteiger partial charge in [0.1, 0.15) is 5.75 Å². The van der Waals surface area contributed by atoms with Crippen molar-refractivity contribution >= 4 is 15.9 Å². The Balaban J connectivity index is 2.56. The molecule has 0 saturated heterocycles. The molecule has 0 radical (unpaired) electrons. The van der Waals surface area contributed by atoms with E-state index in [1.165, 1.54) is 27.8 Å². The number of hydrogen-bond donors (Lipinski definition) is 1. The van der Waals surface area contributed by atoms with Gasteiger partial charge in [-0.3, -0.25) is 0 Å². The van der Waals surface area contributed by atoms with E-state index in [4.69, 9.17) is 4.74 Å².